The van der Waals surface area contributed by atoms with Crippen molar-refractivity contribution in [3.8, 4) is 5.88 Å². The average Bonchev–Trinajstić information content (AvgIpc) is 3.46. The van der Waals surface area contributed by atoms with Gasteiger partial charge in [0.2, 0.25) is 5.88 Å². The van der Waals surface area contributed by atoms with Crippen molar-refractivity contribution in [2.75, 3.05) is 14.1 Å². The SMILES string of the molecule is CN(C)[C@H]1CC[C@H](Oc2ncnc3sc4c(c23)[C@@H](C[C@H](O)c2cc[nH]n2)CC4)CC1. The van der Waals surface area contributed by atoms with E-state index >= 15 is 0 Å². The van der Waals surface area contributed by atoms with E-state index < -0.39 is 6.10 Å². The van der Waals surface area contributed by atoms with Crippen molar-refractivity contribution in [2.45, 2.75) is 69.1 Å². The molecule has 30 heavy (non-hydrogen) atoms. The summed E-state index contributed by atoms with van der Waals surface area (Å²) in [5, 5.41) is 18.7. The number of hydrogen-bond acceptors (Lipinski definition) is 7. The smallest absolute Gasteiger partial charge is 0.225 e. The van der Waals surface area contributed by atoms with Gasteiger partial charge in [-0.05, 0) is 76.6 Å². The van der Waals surface area contributed by atoms with E-state index in [2.05, 4.69) is 39.2 Å². The number of aromatic amines is 1. The average molecular weight is 428 g/mol. The molecule has 160 valence electrons. The van der Waals surface area contributed by atoms with Gasteiger partial charge in [0.05, 0.1) is 17.2 Å². The summed E-state index contributed by atoms with van der Waals surface area (Å²) in [7, 11) is 4.32. The first-order valence-corrected chi connectivity index (χ1v) is 11.7. The number of H-pyrrole nitrogens is 1. The molecule has 8 heteroatoms. The maximum absolute atomic E-state index is 10.7. The summed E-state index contributed by atoms with van der Waals surface area (Å²) in [4.78, 5) is 13.8. The fraction of sp³-hybridized carbons (Fsp3) is 0.591. The number of nitrogens with one attached hydrogen (secondary N) is 1. The van der Waals surface area contributed by atoms with E-state index in [0.717, 1.165) is 54.6 Å². The molecule has 0 aromatic carbocycles. The van der Waals surface area contributed by atoms with E-state index in [-0.39, 0.29) is 12.0 Å². The van der Waals surface area contributed by atoms with Gasteiger partial charge in [0, 0.05) is 17.1 Å². The number of thiophene rings is 1. The van der Waals surface area contributed by atoms with Crippen LogP contribution in [0, 0.1) is 0 Å². The van der Waals surface area contributed by atoms with Gasteiger partial charge in [-0.25, -0.2) is 9.97 Å². The zero-order valence-corrected chi connectivity index (χ0v) is 18.4. The topological polar surface area (TPSA) is 87.2 Å². The quantitative estimate of drug-likeness (QED) is 0.622. The predicted molar refractivity (Wildman–Crippen MR) is 117 cm³/mol. The standard InChI is InChI=1S/C22H29N5O2S/c1-27(2)14-4-6-15(7-5-14)29-21-20-19-13(11-17(28)16-9-10-25-26-16)3-8-18(19)30-22(20)24-12-23-21/h9-10,12-15,17,28H,3-8,11H2,1-2H3,(H,25,26)/t13-,14-,15-,17+/m1/s1. The summed E-state index contributed by atoms with van der Waals surface area (Å²) in [6.07, 6.45) is 10.2. The second kappa shape index (κ2) is 8.24. The molecule has 0 unspecified atom stereocenters. The van der Waals surface area contributed by atoms with Crippen LogP contribution in [0.3, 0.4) is 0 Å². The Balaban J connectivity index is 1.39. The minimum absolute atomic E-state index is 0.212. The first-order valence-electron chi connectivity index (χ1n) is 10.9. The molecule has 0 aliphatic heterocycles. The second-order valence-corrected chi connectivity index (χ2v) is 9.88. The molecule has 0 amide bonds. The summed E-state index contributed by atoms with van der Waals surface area (Å²) in [5.74, 6) is 1.00. The van der Waals surface area contributed by atoms with Crippen LogP contribution in [0.25, 0.3) is 10.2 Å². The van der Waals surface area contributed by atoms with Crippen LogP contribution in [0.2, 0.25) is 0 Å². The molecule has 3 aromatic rings. The van der Waals surface area contributed by atoms with Crippen LogP contribution < -0.4 is 4.74 Å². The van der Waals surface area contributed by atoms with Crippen molar-refractivity contribution in [3.05, 3.63) is 34.7 Å². The van der Waals surface area contributed by atoms with E-state index in [1.807, 2.05) is 6.07 Å². The molecule has 2 aliphatic rings. The number of ether oxygens (including phenoxy) is 1. The number of hydrogen-bond donors (Lipinski definition) is 2. The van der Waals surface area contributed by atoms with Gasteiger partial charge in [-0.15, -0.1) is 11.3 Å². The van der Waals surface area contributed by atoms with Gasteiger partial charge in [-0.3, -0.25) is 5.10 Å². The van der Waals surface area contributed by atoms with Crippen molar-refractivity contribution in [1.82, 2.24) is 25.1 Å². The molecule has 2 N–H and O–H groups in total. The lowest BCUT2D eigenvalue weighted by molar-refractivity contribution is 0.108. The van der Waals surface area contributed by atoms with Gasteiger partial charge in [-0.2, -0.15) is 5.10 Å². The first-order chi connectivity index (χ1) is 14.6. The normalized spacial score (nSPS) is 25.0. The molecule has 1 fully saturated rings. The number of rotatable bonds is 6. The highest BCUT2D eigenvalue weighted by Crippen LogP contribution is 2.48. The van der Waals surface area contributed by atoms with E-state index in [0.29, 0.717) is 18.2 Å². The fourth-order valence-corrected chi connectivity index (χ4v) is 6.28. The van der Waals surface area contributed by atoms with Gasteiger partial charge < -0.3 is 14.7 Å². The molecule has 0 bridgehead atoms. The maximum atomic E-state index is 10.7. The van der Waals surface area contributed by atoms with Gasteiger partial charge in [-0.1, -0.05) is 0 Å². The molecular weight excluding hydrogens is 398 g/mol. The van der Waals surface area contributed by atoms with Crippen LogP contribution in [0.4, 0.5) is 0 Å². The van der Waals surface area contributed by atoms with Crippen molar-refractivity contribution >= 4 is 21.6 Å². The third kappa shape index (κ3) is 3.72. The van der Waals surface area contributed by atoms with Crippen molar-refractivity contribution in [2.24, 2.45) is 0 Å². The van der Waals surface area contributed by atoms with Crippen molar-refractivity contribution in [3.63, 3.8) is 0 Å². The number of aromatic nitrogens is 4. The highest BCUT2D eigenvalue weighted by molar-refractivity contribution is 7.19. The molecule has 0 saturated heterocycles. The lowest BCUT2D eigenvalue weighted by Gasteiger charge is -2.32. The van der Waals surface area contributed by atoms with E-state index in [1.165, 1.54) is 10.4 Å². The summed E-state index contributed by atoms with van der Waals surface area (Å²) in [5.41, 5.74) is 2.00. The number of aryl methyl sites for hydroxylation is 1. The number of aliphatic hydroxyl groups excluding tert-OH is 1. The Morgan fingerprint density at radius 1 is 1.23 bits per heavy atom. The van der Waals surface area contributed by atoms with Crippen LogP contribution in [0.15, 0.2) is 18.6 Å². The lowest BCUT2D eigenvalue weighted by Crippen LogP contribution is -2.35. The Kier molecular flexibility index (Phi) is 5.47. The van der Waals surface area contributed by atoms with Crippen LogP contribution in [-0.2, 0) is 6.42 Å². The summed E-state index contributed by atoms with van der Waals surface area (Å²) < 4.78 is 6.46. The van der Waals surface area contributed by atoms with Crippen molar-refractivity contribution < 1.29 is 9.84 Å². The number of fused-ring (bicyclic) bond motifs is 3. The molecule has 3 heterocycles. The Morgan fingerprint density at radius 2 is 2.07 bits per heavy atom. The van der Waals surface area contributed by atoms with Crippen LogP contribution >= 0.6 is 11.3 Å². The van der Waals surface area contributed by atoms with Gasteiger partial charge in [0.25, 0.3) is 0 Å². The monoisotopic (exact) mass is 427 g/mol. The summed E-state index contributed by atoms with van der Waals surface area (Å²) in [6.45, 7) is 0. The predicted octanol–water partition coefficient (Wildman–Crippen LogP) is 3.82. The van der Waals surface area contributed by atoms with Crippen molar-refractivity contribution in [1.29, 1.82) is 0 Å². The summed E-state index contributed by atoms with van der Waals surface area (Å²) in [6, 6.07) is 2.49. The molecule has 3 aromatic heterocycles. The molecular formula is C22H29N5O2S. The van der Waals surface area contributed by atoms with E-state index in [4.69, 9.17) is 4.74 Å². The summed E-state index contributed by atoms with van der Waals surface area (Å²) >= 11 is 1.75. The Bertz CT molecular complexity index is 995. The zero-order valence-electron chi connectivity index (χ0n) is 17.5. The molecule has 7 nitrogen and oxygen atoms in total. The highest BCUT2D eigenvalue weighted by Gasteiger charge is 2.33. The second-order valence-electron chi connectivity index (χ2n) is 8.80. The number of aliphatic hydroxyl groups is 1. The van der Waals surface area contributed by atoms with E-state index in [9.17, 15) is 5.11 Å². The van der Waals surface area contributed by atoms with Crippen LogP contribution in [-0.4, -0.2) is 56.4 Å². The number of nitrogens with zero attached hydrogens (tertiary/aromatic N) is 4. The molecule has 0 radical (unpaired) electrons. The van der Waals surface area contributed by atoms with Gasteiger partial charge in [0.1, 0.15) is 17.3 Å². The fourth-order valence-electron chi connectivity index (χ4n) is 5.05. The molecule has 1 saturated carbocycles. The lowest BCUT2D eigenvalue weighted by atomic mass is 9.92. The zero-order chi connectivity index (χ0) is 20.7. The molecule has 0 spiro atoms. The highest BCUT2D eigenvalue weighted by atomic mass is 32.1. The Labute approximate surface area is 180 Å². The third-order valence-corrected chi connectivity index (χ3v) is 7.89. The molecule has 2 aliphatic carbocycles. The first kappa shape index (κ1) is 19.9. The minimum atomic E-state index is -0.572. The van der Waals surface area contributed by atoms with Crippen LogP contribution in [0.1, 0.15) is 66.7 Å². The Hall–Kier alpha value is -2.03. The van der Waals surface area contributed by atoms with Crippen LogP contribution in [0.5, 0.6) is 5.88 Å². The Morgan fingerprint density at radius 3 is 2.80 bits per heavy atom. The minimum Gasteiger partial charge on any atom is -0.474 e. The maximum Gasteiger partial charge on any atom is 0.225 e. The third-order valence-electron chi connectivity index (χ3n) is 6.72. The molecule has 5 rings (SSSR count). The van der Waals surface area contributed by atoms with Gasteiger partial charge >= 0.3 is 0 Å². The largest absolute Gasteiger partial charge is 0.474 e. The van der Waals surface area contributed by atoms with Gasteiger partial charge in [0.15, 0.2) is 0 Å². The molecule has 2 atom stereocenters. The van der Waals surface area contributed by atoms with E-state index in [1.54, 1.807) is 23.9 Å².